The van der Waals surface area contributed by atoms with Gasteiger partial charge in [-0.2, -0.15) is 10.5 Å². The average molecular weight is 480 g/mol. The number of hydrogen-bond acceptors (Lipinski definition) is 7. The van der Waals surface area contributed by atoms with Crippen molar-refractivity contribution in [3.05, 3.63) is 87.3 Å². The van der Waals surface area contributed by atoms with Gasteiger partial charge in [-0.05, 0) is 18.2 Å². The summed E-state index contributed by atoms with van der Waals surface area (Å²) in [6.07, 6.45) is 3.25. The Bertz CT molecular complexity index is 1810. The van der Waals surface area contributed by atoms with Crippen molar-refractivity contribution in [2.45, 2.75) is 13.0 Å². The first-order valence-corrected chi connectivity index (χ1v) is 11.5. The van der Waals surface area contributed by atoms with Gasteiger partial charge in [0, 0.05) is 28.4 Å². The highest BCUT2D eigenvalue weighted by Crippen LogP contribution is 2.39. The molecule has 0 amide bonds. The van der Waals surface area contributed by atoms with E-state index in [1.54, 1.807) is 30.5 Å². The zero-order valence-electron chi connectivity index (χ0n) is 18.6. The highest BCUT2D eigenvalue weighted by Gasteiger charge is 2.22. The molecule has 0 aliphatic rings. The molecule has 0 aliphatic carbocycles. The molecule has 0 fully saturated rings. The van der Waals surface area contributed by atoms with Crippen LogP contribution in [0.2, 0.25) is 0 Å². The molecule has 0 saturated carbocycles. The fourth-order valence-electron chi connectivity index (χ4n) is 4.19. The maximum atomic E-state index is 13.7. The molecule has 8 nitrogen and oxygen atoms in total. The first kappa shape index (κ1) is 22.1. The standard InChI is InChI=1S/C26H17N5O3S/c1-34-21-9-4-7-16(13-28)23(21)22-12-19-24(35-22)25(32)31(26(33)30(19)11-5-10-27)20-15-29-14-17-6-2-3-8-18(17)20/h2-4,6-9,12,14-15H,5,11H2,1H3. The Labute approximate surface area is 203 Å². The molecule has 3 aromatic heterocycles. The third kappa shape index (κ3) is 3.55. The third-order valence-electron chi connectivity index (χ3n) is 5.77. The quantitative estimate of drug-likeness (QED) is 0.373. The van der Waals surface area contributed by atoms with E-state index in [-0.39, 0.29) is 13.0 Å². The smallest absolute Gasteiger partial charge is 0.336 e. The second-order valence-corrected chi connectivity index (χ2v) is 8.73. The maximum absolute atomic E-state index is 13.7. The first-order valence-electron chi connectivity index (χ1n) is 10.7. The van der Waals surface area contributed by atoms with Gasteiger partial charge in [-0.1, -0.05) is 30.3 Å². The Morgan fingerprint density at radius 3 is 2.69 bits per heavy atom. The van der Waals surface area contributed by atoms with Gasteiger partial charge in [-0.25, -0.2) is 9.36 Å². The maximum Gasteiger partial charge on any atom is 0.336 e. The number of thiophene rings is 1. The molecular weight excluding hydrogens is 462 g/mol. The lowest BCUT2D eigenvalue weighted by Crippen LogP contribution is -2.38. The lowest BCUT2D eigenvalue weighted by Gasteiger charge is -2.12. The molecule has 0 N–H and O–H groups in total. The van der Waals surface area contributed by atoms with Crippen LogP contribution in [-0.2, 0) is 6.54 Å². The summed E-state index contributed by atoms with van der Waals surface area (Å²) in [6.45, 7) is 0.109. The number of benzene rings is 2. The molecule has 170 valence electrons. The number of nitriles is 2. The molecule has 5 aromatic rings. The fourth-order valence-corrected chi connectivity index (χ4v) is 5.34. The molecule has 5 rings (SSSR count). The van der Waals surface area contributed by atoms with Crippen LogP contribution in [0.3, 0.4) is 0 Å². The molecule has 0 unspecified atom stereocenters. The van der Waals surface area contributed by atoms with E-state index in [4.69, 9.17) is 4.74 Å². The van der Waals surface area contributed by atoms with Crippen LogP contribution in [0.15, 0.2) is 70.5 Å². The second-order valence-electron chi connectivity index (χ2n) is 7.68. The molecule has 0 spiro atoms. The first-order chi connectivity index (χ1) is 17.1. The summed E-state index contributed by atoms with van der Waals surface area (Å²) in [6, 6.07) is 18.5. The van der Waals surface area contributed by atoms with E-state index in [2.05, 4.69) is 17.1 Å². The SMILES string of the molecule is COc1cccc(C#N)c1-c1cc2c(s1)c(=O)n(-c1cncc3ccccc13)c(=O)n2CCC#N. The van der Waals surface area contributed by atoms with Gasteiger partial charge in [0.15, 0.2) is 0 Å². The lowest BCUT2D eigenvalue weighted by molar-refractivity contribution is 0.416. The van der Waals surface area contributed by atoms with Gasteiger partial charge in [-0.3, -0.25) is 14.3 Å². The minimum atomic E-state index is -0.555. The molecule has 0 radical (unpaired) electrons. The molecule has 9 heteroatoms. The van der Waals surface area contributed by atoms with Crippen molar-refractivity contribution in [2.75, 3.05) is 7.11 Å². The molecule has 35 heavy (non-hydrogen) atoms. The number of aryl methyl sites for hydroxylation is 1. The minimum absolute atomic E-state index is 0.0876. The molecular formula is C26H17N5O3S. The van der Waals surface area contributed by atoms with E-state index in [1.807, 2.05) is 24.3 Å². The Balaban J connectivity index is 1.88. The van der Waals surface area contributed by atoms with Crippen LogP contribution in [0.4, 0.5) is 0 Å². The van der Waals surface area contributed by atoms with Crippen LogP contribution in [0, 0.1) is 22.7 Å². The highest BCUT2D eigenvalue weighted by molar-refractivity contribution is 7.22. The van der Waals surface area contributed by atoms with Gasteiger partial charge in [0.25, 0.3) is 5.56 Å². The lowest BCUT2D eigenvalue weighted by atomic mass is 10.1. The minimum Gasteiger partial charge on any atom is -0.496 e. The van der Waals surface area contributed by atoms with Gasteiger partial charge in [0.1, 0.15) is 10.4 Å². The largest absolute Gasteiger partial charge is 0.496 e. The van der Waals surface area contributed by atoms with Crippen molar-refractivity contribution in [3.63, 3.8) is 0 Å². The van der Waals surface area contributed by atoms with Crippen molar-refractivity contribution < 1.29 is 4.74 Å². The van der Waals surface area contributed by atoms with Gasteiger partial charge >= 0.3 is 5.69 Å². The van der Waals surface area contributed by atoms with Crippen molar-refractivity contribution in [1.82, 2.24) is 14.1 Å². The van der Waals surface area contributed by atoms with Gasteiger partial charge in [-0.15, -0.1) is 11.3 Å². The Morgan fingerprint density at radius 2 is 1.91 bits per heavy atom. The van der Waals surface area contributed by atoms with Crippen molar-refractivity contribution in [1.29, 1.82) is 10.5 Å². The fraction of sp³-hybridized carbons (Fsp3) is 0.115. The van der Waals surface area contributed by atoms with E-state index in [9.17, 15) is 20.1 Å². The highest BCUT2D eigenvalue weighted by atomic mass is 32.1. The third-order valence-corrected chi connectivity index (χ3v) is 6.90. The number of hydrogen-bond donors (Lipinski definition) is 0. The number of nitrogens with zero attached hydrogens (tertiary/aromatic N) is 5. The van der Waals surface area contributed by atoms with Gasteiger partial charge in [0.05, 0.1) is 54.2 Å². The predicted octanol–water partition coefficient (Wildman–Crippen LogP) is 4.22. The predicted molar refractivity (Wildman–Crippen MR) is 134 cm³/mol. The van der Waals surface area contributed by atoms with Gasteiger partial charge in [0.2, 0.25) is 0 Å². The zero-order valence-corrected chi connectivity index (χ0v) is 19.4. The van der Waals surface area contributed by atoms with E-state index in [0.29, 0.717) is 43.0 Å². The van der Waals surface area contributed by atoms with Gasteiger partial charge < -0.3 is 4.74 Å². The van der Waals surface area contributed by atoms with Crippen LogP contribution in [0.5, 0.6) is 5.75 Å². The molecule has 3 heterocycles. The van der Waals surface area contributed by atoms with Crippen molar-refractivity contribution >= 4 is 32.3 Å². The van der Waals surface area contributed by atoms with E-state index >= 15 is 0 Å². The number of rotatable bonds is 5. The Morgan fingerprint density at radius 1 is 1.09 bits per heavy atom. The van der Waals surface area contributed by atoms with Crippen LogP contribution < -0.4 is 16.0 Å². The summed E-state index contributed by atoms with van der Waals surface area (Å²) in [4.78, 5) is 32.3. The van der Waals surface area contributed by atoms with Crippen LogP contribution in [-0.4, -0.2) is 21.2 Å². The van der Waals surface area contributed by atoms with E-state index in [1.165, 1.54) is 29.2 Å². The number of fused-ring (bicyclic) bond motifs is 2. The van der Waals surface area contributed by atoms with Crippen molar-refractivity contribution in [3.8, 4) is 34.0 Å². The molecule has 0 bridgehead atoms. The Kier molecular flexibility index (Phi) is 5.61. The number of aromatic nitrogens is 3. The summed E-state index contributed by atoms with van der Waals surface area (Å²) in [5.41, 5.74) is 0.683. The summed E-state index contributed by atoms with van der Waals surface area (Å²) >= 11 is 1.18. The summed E-state index contributed by atoms with van der Waals surface area (Å²) in [5.74, 6) is 0.486. The molecule has 0 aliphatic heterocycles. The number of ether oxygens (including phenoxy) is 1. The molecule has 0 atom stereocenters. The van der Waals surface area contributed by atoms with E-state index in [0.717, 1.165) is 9.95 Å². The monoisotopic (exact) mass is 479 g/mol. The van der Waals surface area contributed by atoms with Crippen LogP contribution >= 0.6 is 11.3 Å². The number of pyridine rings is 1. The van der Waals surface area contributed by atoms with E-state index < -0.39 is 11.2 Å². The average Bonchev–Trinajstić information content (AvgIpc) is 3.33. The summed E-state index contributed by atoms with van der Waals surface area (Å²) < 4.78 is 8.36. The summed E-state index contributed by atoms with van der Waals surface area (Å²) in [7, 11) is 1.51. The van der Waals surface area contributed by atoms with Crippen LogP contribution in [0.1, 0.15) is 12.0 Å². The topological polar surface area (TPSA) is 114 Å². The normalized spacial score (nSPS) is 10.8. The zero-order chi connectivity index (χ0) is 24.5. The number of methoxy groups -OCH3 is 1. The Hall–Kier alpha value is -4.73. The molecule has 2 aromatic carbocycles. The molecule has 0 saturated heterocycles. The summed E-state index contributed by atoms with van der Waals surface area (Å²) in [5, 5.41) is 20.4. The second kappa shape index (κ2) is 8.90. The van der Waals surface area contributed by atoms with Crippen LogP contribution in [0.25, 0.3) is 37.1 Å². The van der Waals surface area contributed by atoms with Crippen molar-refractivity contribution in [2.24, 2.45) is 0 Å².